The zero-order chi connectivity index (χ0) is 15.2. The third kappa shape index (κ3) is 2.31. The largest absolute Gasteiger partial charge is 0.401 e. The van der Waals surface area contributed by atoms with E-state index in [1.54, 1.807) is 11.3 Å². The van der Waals surface area contributed by atoms with Gasteiger partial charge in [-0.25, -0.2) is 4.98 Å². The SMILES string of the molecule is c1ccc2sc(-c3nnc(N4CCN5CCC4CC5)o3)nc2c1. The smallest absolute Gasteiger partial charge is 0.318 e. The van der Waals surface area contributed by atoms with Gasteiger partial charge in [-0.05, 0) is 25.0 Å². The van der Waals surface area contributed by atoms with E-state index >= 15 is 0 Å². The van der Waals surface area contributed by atoms with Gasteiger partial charge < -0.3 is 14.2 Å². The molecule has 3 aliphatic rings. The molecule has 0 atom stereocenters. The Balaban J connectivity index is 1.47. The molecule has 6 nitrogen and oxygen atoms in total. The van der Waals surface area contributed by atoms with Crippen molar-refractivity contribution in [3.05, 3.63) is 24.3 Å². The molecule has 2 bridgehead atoms. The third-order valence-corrected chi connectivity index (χ3v) is 5.82. The van der Waals surface area contributed by atoms with Crippen molar-refractivity contribution in [2.75, 3.05) is 31.1 Å². The van der Waals surface area contributed by atoms with E-state index in [1.165, 1.54) is 25.9 Å². The molecule has 6 rings (SSSR count). The van der Waals surface area contributed by atoms with Crippen molar-refractivity contribution in [1.29, 1.82) is 0 Å². The molecule has 0 aliphatic carbocycles. The first-order chi connectivity index (χ1) is 11.4. The molecule has 5 heterocycles. The van der Waals surface area contributed by atoms with Crippen molar-refractivity contribution in [1.82, 2.24) is 20.1 Å². The van der Waals surface area contributed by atoms with E-state index in [0.29, 0.717) is 17.9 Å². The summed E-state index contributed by atoms with van der Waals surface area (Å²) in [6.45, 7) is 4.40. The lowest BCUT2D eigenvalue weighted by Gasteiger charge is -2.29. The van der Waals surface area contributed by atoms with Gasteiger partial charge in [-0.2, -0.15) is 0 Å². The van der Waals surface area contributed by atoms with Crippen LogP contribution in [0.4, 0.5) is 6.01 Å². The summed E-state index contributed by atoms with van der Waals surface area (Å²) >= 11 is 1.60. The average molecular weight is 327 g/mol. The van der Waals surface area contributed by atoms with Crippen LogP contribution in [0.3, 0.4) is 0 Å². The third-order valence-electron chi connectivity index (χ3n) is 4.79. The monoisotopic (exact) mass is 327 g/mol. The second kappa shape index (κ2) is 5.28. The molecule has 0 spiro atoms. The van der Waals surface area contributed by atoms with E-state index in [-0.39, 0.29) is 0 Å². The molecule has 118 valence electrons. The van der Waals surface area contributed by atoms with Crippen molar-refractivity contribution in [2.24, 2.45) is 0 Å². The van der Waals surface area contributed by atoms with Crippen LogP contribution in [0.25, 0.3) is 21.1 Å². The van der Waals surface area contributed by atoms with Crippen LogP contribution in [0.15, 0.2) is 28.7 Å². The van der Waals surface area contributed by atoms with Gasteiger partial charge in [-0.1, -0.05) is 17.2 Å². The van der Waals surface area contributed by atoms with Gasteiger partial charge in [-0.3, -0.25) is 0 Å². The Bertz CT molecular complexity index is 803. The zero-order valence-corrected chi connectivity index (χ0v) is 13.5. The van der Waals surface area contributed by atoms with Crippen LogP contribution in [0, 0.1) is 0 Å². The topological polar surface area (TPSA) is 58.3 Å². The Labute approximate surface area is 137 Å². The Morgan fingerprint density at radius 2 is 1.91 bits per heavy atom. The molecule has 0 N–H and O–H groups in total. The number of fused-ring (bicyclic) bond motifs is 5. The Morgan fingerprint density at radius 3 is 2.78 bits per heavy atom. The van der Waals surface area contributed by atoms with Crippen LogP contribution in [-0.2, 0) is 0 Å². The van der Waals surface area contributed by atoms with Gasteiger partial charge in [0.15, 0.2) is 5.01 Å². The van der Waals surface area contributed by atoms with Crippen LogP contribution in [0.5, 0.6) is 0 Å². The molecule has 0 unspecified atom stereocenters. The summed E-state index contributed by atoms with van der Waals surface area (Å²) in [5.74, 6) is 0.528. The molecular formula is C16H17N5OS. The first kappa shape index (κ1) is 13.4. The minimum absolute atomic E-state index is 0.525. The Hall–Kier alpha value is -1.99. The minimum Gasteiger partial charge on any atom is -0.401 e. The highest BCUT2D eigenvalue weighted by Crippen LogP contribution is 2.32. The fourth-order valence-corrected chi connectivity index (χ4v) is 4.41. The van der Waals surface area contributed by atoms with Crippen molar-refractivity contribution in [2.45, 2.75) is 18.9 Å². The average Bonchev–Trinajstić information content (AvgIpc) is 3.14. The normalized spacial score (nSPS) is 24.3. The summed E-state index contributed by atoms with van der Waals surface area (Å²) in [5.41, 5.74) is 0.980. The quantitative estimate of drug-likeness (QED) is 0.721. The number of aromatic nitrogens is 3. The molecule has 3 saturated heterocycles. The highest BCUT2D eigenvalue weighted by Gasteiger charge is 2.32. The maximum absolute atomic E-state index is 5.98. The number of hydrogen-bond donors (Lipinski definition) is 0. The summed E-state index contributed by atoms with van der Waals surface area (Å²) < 4.78 is 7.12. The predicted molar refractivity (Wildman–Crippen MR) is 89.7 cm³/mol. The van der Waals surface area contributed by atoms with Gasteiger partial charge in [0.25, 0.3) is 5.89 Å². The van der Waals surface area contributed by atoms with Crippen molar-refractivity contribution < 1.29 is 4.42 Å². The van der Waals surface area contributed by atoms with Crippen LogP contribution in [0.1, 0.15) is 12.8 Å². The van der Waals surface area contributed by atoms with Crippen LogP contribution in [-0.4, -0.2) is 52.3 Å². The summed E-state index contributed by atoms with van der Waals surface area (Å²) in [4.78, 5) is 9.41. The predicted octanol–water partition coefficient (Wildman–Crippen LogP) is 2.63. The van der Waals surface area contributed by atoms with Gasteiger partial charge >= 0.3 is 6.01 Å². The molecule has 3 aromatic rings. The second-order valence-corrected chi connectivity index (χ2v) is 7.17. The summed E-state index contributed by atoms with van der Waals surface area (Å²) in [6, 6.07) is 9.26. The van der Waals surface area contributed by atoms with Gasteiger partial charge in [0.05, 0.1) is 10.2 Å². The molecule has 3 fully saturated rings. The fourth-order valence-electron chi connectivity index (χ4n) is 3.52. The molecule has 0 amide bonds. The van der Waals surface area contributed by atoms with Crippen LogP contribution < -0.4 is 4.90 Å². The standard InChI is InChI=1S/C16H17N5OS/c1-2-4-13-12(3-1)17-15(23-13)14-18-19-16(22-14)21-10-9-20-7-5-11(21)6-8-20/h1-4,11H,5-10H2. The Kier molecular flexibility index (Phi) is 3.09. The number of rotatable bonds is 2. The van der Waals surface area contributed by atoms with Crippen LogP contribution >= 0.6 is 11.3 Å². The molecule has 2 aromatic heterocycles. The van der Waals surface area contributed by atoms with E-state index in [1.807, 2.05) is 18.2 Å². The lowest BCUT2D eigenvalue weighted by atomic mass is 10.1. The van der Waals surface area contributed by atoms with Crippen LogP contribution in [0.2, 0.25) is 0 Å². The molecule has 0 saturated carbocycles. The number of anilines is 1. The number of hydrogen-bond acceptors (Lipinski definition) is 7. The molecule has 7 heteroatoms. The molecule has 23 heavy (non-hydrogen) atoms. The lowest BCUT2D eigenvalue weighted by molar-refractivity contribution is 0.249. The van der Waals surface area contributed by atoms with Gasteiger partial charge in [0, 0.05) is 32.2 Å². The molecule has 1 aromatic carbocycles. The van der Waals surface area contributed by atoms with Gasteiger partial charge in [-0.15, -0.1) is 16.4 Å². The van der Waals surface area contributed by atoms with Gasteiger partial charge in [0.1, 0.15) is 0 Å². The van der Waals surface area contributed by atoms with Crippen molar-refractivity contribution >= 4 is 27.6 Å². The molecule has 3 aliphatic heterocycles. The van der Waals surface area contributed by atoms with E-state index in [2.05, 4.69) is 31.0 Å². The maximum atomic E-state index is 5.98. The number of piperidine rings is 1. The number of para-hydroxylation sites is 1. The second-order valence-electron chi connectivity index (χ2n) is 6.14. The van der Waals surface area contributed by atoms with E-state index in [4.69, 9.17) is 4.42 Å². The van der Waals surface area contributed by atoms with Crippen molar-refractivity contribution in [3.63, 3.8) is 0 Å². The van der Waals surface area contributed by atoms with E-state index in [0.717, 1.165) is 28.3 Å². The van der Waals surface area contributed by atoms with E-state index < -0.39 is 0 Å². The first-order valence-corrected chi connectivity index (χ1v) is 8.87. The summed E-state index contributed by atoms with van der Waals surface area (Å²) in [7, 11) is 0. The molecule has 0 radical (unpaired) electrons. The van der Waals surface area contributed by atoms with Gasteiger partial charge in [0.2, 0.25) is 0 Å². The summed E-state index contributed by atoms with van der Waals surface area (Å²) in [5, 5.41) is 9.35. The summed E-state index contributed by atoms with van der Waals surface area (Å²) in [6.07, 6.45) is 2.36. The Morgan fingerprint density at radius 1 is 1.04 bits per heavy atom. The maximum Gasteiger partial charge on any atom is 0.318 e. The van der Waals surface area contributed by atoms with Crippen molar-refractivity contribution in [3.8, 4) is 10.9 Å². The zero-order valence-electron chi connectivity index (χ0n) is 12.7. The number of nitrogens with zero attached hydrogens (tertiary/aromatic N) is 5. The number of benzene rings is 1. The first-order valence-electron chi connectivity index (χ1n) is 8.05. The molecular weight excluding hydrogens is 310 g/mol. The van der Waals surface area contributed by atoms with E-state index in [9.17, 15) is 0 Å². The number of thiazole rings is 1. The highest BCUT2D eigenvalue weighted by atomic mass is 32.1. The lowest BCUT2D eigenvalue weighted by Crippen LogP contribution is -2.38. The highest BCUT2D eigenvalue weighted by molar-refractivity contribution is 7.21. The fraction of sp³-hybridized carbons (Fsp3) is 0.438. The minimum atomic E-state index is 0.525.